The Morgan fingerprint density at radius 1 is 0.696 bits per heavy atom. The van der Waals surface area contributed by atoms with Crippen LogP contribution in [0.4, 0.5) is 11.6 Å². The molecule has 2 aliphatic carbocycles. The number of nitriles is 2. The molecule has 0 unspecified atom stereocenters. The van der Waals surface area contributed by atoms with Crippen molar-refractivity contribution < 1.29 is 9.47 Å². The second-order valence-electron chi connectivity index (χ2n) is 22.8. The number of aromatic nitrogens is 12. The normalized spacial score (nSPS) is 17.0. The number of alkyl halides is 1. The lowest BCUT2D eigenvalue weighted by atomic mass is 10.0. The lowest BCUT2D eigenvalue weighted by Gasteiger charge is -2.42. The number of H-pyrrole nitrogens is 1. The first-order chi connectivity index (χ1) is 36.9. The summed E-state index contributed by atoms with van der Waals surface area (Å²) in [6, 6.07) is 9.74. The first-order valence-electron chi connectivity index (χ1n) is 26.2. The van der Waals surface area contributed by atoms with Crippen molar-refractivity contribution in [1.82, 2.24) is 57.8 Å². The topological polar surface area (TPSA) is 223 Å². The fourth-order valence-electron chi connectivity index (χ4n) is 9.43. The summed E-state index contributed by atoms with van der Waals surface area (Å²) in [5, 5.41) is 32.6. The van der Waals surface area contributed by atoms with E-state index in [1.807, 2.05) is 14.0 Å². The predicted octanol–water partition coefficient (Wildman–Crippen LogP) is 10.0. The standard InChI is InChI=1S/C26H31ClN8O2Si.C22H25ClN8O2Si.C4H7Br.2H2S/c1-38(2,3)11-10-37-16-32-14-18(12-28)21-24(32)29-15-30-25(21)33-8-7-20(33)23-31-35-9-6-19(27)22(35)26(36)34(23)13-17-4-5-17;1-34(2,3)9-8-33-13-29-11-14(10-24)17-20(29)25-12-26-21(17)30-6-5-16(30)19-27-22(32)18-15(23)4-7-31(18)28-19;5-3-4-1-2-4;;/h6,9,14-15,17,20H,4-5,7-8,10-11,13,16H2,1-3H3;4,7,11-12,16H,5-6,8-9,13H2,1-3H3,(H,27,28,32);4H,1-3H2;2*1H2/t20-;16-;;;/m00.../s1. The molecular formula is C52H67BrCl2N16O4S2Si2. The summed E-state index contributed by atoms with van der Waals surface area (Å²) in [6.45, 7) is 18.0. The lowest BCUT2D eigenvalue weighted by Crippen LogP contribution is -2.45. The Morgan fingerprint density at radius 2 is 1.19 bits per heavy atom. The summed E-state index contributed by atoms with van der Waals surface area (Å²) < 4.78 is 20.5. The molecule has 12 rings (SSSR count). The van der Waals surface area contributed by atoms with E-state index in [1.165, 1.54) is 35.3 Å². The van der Waals surface area contributed by atoms with Crippen LogP contribution in [0.3, 0.4) is 0 Å². The minimum absolute atomic E-state index is 0. The van der Waals surface area contributed by atoms with Crippen molar-refractivity contribution in [1.29, 1.82) is 10.5 Å². The van der Waals surface area contributed by atoms with Gasteiger partial charge in [0.1, 0.15) is 72.2 Å². The second kappa shape index (κ2) is 24.9. The molecule has 0 bridgehead atoms. The fraction of sp³-hybridized carbons (Fsp3) is 0.500. The van der Waals surface area contributed by atoms with Crippen LogP contribution < -0.4 is 20.9 Å². The third kappa shape index (κ3) is 13.1. The van der Waals surface area contributed by atoms with E-state index >= 15 is 0 Å². The van der Waals surface area contributed by atoms with Crippen LogP contribution >= 0.6 is 66.1 Å². The number of halogens is 3. The highest BCUT2D eigenvalue weighted by Crippen LogP contribution is 2.42. The first-order valence-corrected chi connectivity index (χ1v) is 35.5. The van der Waals surface area contributed by atoms with Crippen molar-refractivity contribution in [3.05, 3.63) is 103 Å². The van der Waals surface area contributed by atoms with Crippen molar-refractivity contribution in [2.24, 2.45) is 11.8 Å². The summed E-state index contributed by atoms with van der Waals surface area (Å²) in [7, 11) is -2.39. The van der Waals surface area contributed by atoms with Crippen LogP contribution in [-0.2, 0) is 29.5 Å². The average Bonchev–Trinajstić information content (AvgIpc) is 4.38. The molecule has 0 spiro atoms. The fourth-order valence-corrected chi connectivity index (χ4v) is 12.0. The van der Waals surface area contributed by atoms with Gasteiger partial charge in [0, 0.05) is 79.1 Å². The van der Waals surface area contributed by atoms with Crippen LogP contribution in [0.25, 0.3) is 33.1 Å². The summed E-state index contributed by atoms with van der Waals surface area (Å²) in [6.07, 6.45) is 16.8. The largest absolute Gasteiger partial charge is 0.361 e. The van der Waals surface area contributed by atoms with Gasteiger partial charge in [0.15, 0.2) is 11.6 Å². The molecule has 8 aromatic heterocycles. The molecule has 4 aliphatic rings. The number of hydrogen-bond acceptors (Lipinski definition) is 14. The highest BCUT2D eigenvalue weighted by molar-refractivity contribution is 9.09. The maximum Gasteiger partial charge on any atom is 0.279 e. The van der Waals surface area contributed by atoms with E-state index in [2.05, 4.69) is 102 Å². The van der Waals surface area contributed by atoms with E-state index in [4.69, 9.17) is 37.8 Å². The van der Waals surface area contributed by atoms with E-state index < -0.39 is 16.1 Å². The van der Waals surface area contributed by atoms with Gasteiger partial charge in [-0.05, 0) is 74.6 Å². The molecule has 0 amide bonds. The molecule has 1 N–H and O–H groups in total. The Balaban J connectivity index is 0.000000187. The predicted molar refractivity (Wildman–Crippen MR) is 327 cm³/mol. The van der Waals surface area contributed by atoms with Crippen molar-refractivity contribution in [3.63, 3.8) is 0 Å². The van der Waals surface area contributed by atoms with Gasteiger partial charge in [0.2, 0.25) is 0 Å². The van der Waals surface area contributed by atoms with Crippen LogP contribution in [0, 0.1) is 34.5 Å². The first kappa shape index (κ1) is 59.9. The number of nitrogens with zero attached hydrogens (tertiary/aromatic N) is 15. The SMILES string of the molecule is BrCC1CC1.C[Si](C)(C)CCOCn1cc(C#N)c2c(N3CC[C@H]3c3nn4ccc(Cl)c4c(=O)[nH]3)ncnc21.C[Si](C)(C)CCOCn1cc(C#N)c2c(N3CC[C@H]3c3nn4ccc(Cl)c4c(=O)n3CC3CC3)ncnc21.S.S. The van der Waals surface area contributed by atoms with Crippen molar-refractivity contribution >= 4 is 127 Å². The molecule has 2 aliphatic heterocycles. The van der Waals surface area contributed by atoms with Gasteiger partial charge in [0.25, 0.3) is 11.1 Å². The van der Waals surface area contributed by atoms with E-state index in [-0.39, 0.29) is 50.2 Å². The van der Waals surface area contributed by atoms with Crippen LogP contribution in [0.5, 0.6) is 0 Å². The van der Waals surface area contributed by atoms with E-state index in [9.17, 15) is 20.1 Å². The number of rotatable bonds is 17. The van der Waals surface area contributed by atoms with Crippen LogP contribution in [0.15, 0.2) is 59.2 Å². The Kier molecular flexibility index (Phi) is 18.9. The zero-order chi connectivity index (χ0) is 54.3. The van der Waals surface area contributed by atoms with Crippen LogP contribution in [-0.4, -0.2) is 106 Å². The van der Waals surface area contributed by atoms with Gasteiger partial charge in [-0.15, -0.1) is 0 Å². The second-order valence-corrected chi connectivity index (χ2v) is 35.5. The summed E-state index contributed by atoms with van der Waals surface area (Å²) in [5.41, 5.74) is 2.62. The van der Waals surface area contributed by atoms with Gasteiger partial charge in [-0.25, -0.2) is 29.0 Å². The Hall–Kier alpha value is -5.23. The molecular weight excluding hydrogens is 1180 g/mol. The smallest absolute Gasteiger partial charge is 0.279 e. The Labute approximate surface area is 492 Å². The Bertz CT molecular complexity index is 3700. The molecule has 8 aromatic rings. The monoisotopic (exact) mass is 1250 g/mol. The minimum Gasteiger partial charge on any atom is -0.361 e. The number of anilines is 2. The molecule has 0 aromatic carbocycles. The summed E-state index contributed by atoms with van der Waals surface area (Å²) in [5.74, 6) is 4.09. The van der Waals surface area contributed by atoms with Crippen molar-refractivity contribution in [2.45, 2.75) is 122 Å². The molecule has 27 heteroatoms. The number of aromatic amines is 1. The number of fused-ring (bicyclic) bond motifs is 4. The van der Waals surface area contributed by atoms with Gasteiger partial charge in [0.05, 0.1) is 44.0 Å². The molecule has 2 atom stereocenters. The van der Waals surface area contributed by atoms with Crippen LogP contribution in [0.1, 0.15) is 73.4 Å². The molecule has 79 heavy (non-hydrogen) atoms. The van der Waals surface area contributed by atoms with Crippen LogP contribution in [0.2, 0.25) is 61.4 Å². The van der Waals surface area contributed by atoms with Gasteiger partial charge in [-0.2, -0.15) is 47.7 Å². The van der Waals surface area contributed by atoms with Gasteiger partial charge in [-0.1, -0.05) is 78.4 Å². The Morgan fingerprint density at radius 3 is 1.63 bits per heavy atom. The zero-order valence-corrected chi connectivity index (χ0v) is 52.3. The molecule has 10 heterocycles. The highest BCUT2D eigenvalue weighted by atomic mass is 79.9. The highest BCUT2D eigenvalue weighted by Gasteiger charge is 2.39. The number of nitrogens with one attached hydrogen (secondary N) is 1. The quantitative estimate of drug-likeness (QED) is 0.0509. The number of hydrogen-bond donors (Lipinski definition) is 1. The number of ether oxygens (including phenoxy) is 2. The third-order valence-corrected chi connectivity index (χ3v) is 19.4. The summed E-state index contributed by atoms with van der Waals surface area (Å²) in [4.78, 5) is 51.2. The van der Waals surface area contributed by atoms with Crippen molar-refractivity contribution in [3.8, 4) is 12.1 Å². The average molecular weight is 1250 g/mol. The minimum atomic E-state index is -1.20. The van der Waals surface area contributed by atoms with Crippen molar-refractivity contribution in [2.75, 3.05) is 41.4 Å². The molecule has 20 nitrogen and oxygen atoms in total. The summed E-state index contributed by atoms with van der Waals surface area (Å²) >= 11 is 15.8. The third-order valence-electron chi connectivity index (χ3n) is 14.5. The molecule has 420 valence electrons. The molecule has 4 fully saturated rings. The van der Waals surface area contributed by atoms with E-state index in [1.54, 1.807) is 46.0 Å². The van der Waals surface area contributed by atoms with Gasteiger partial charge in [-0.3, -0.25) is 14.2 Å². The molecule has 2 saturated heterocycles. The van der Waals surface area contributed by atoms with E-state index in [0.717, 1.165) is 50.2 Å². The van der Waals surface area contributed by atoms with Gasteiger partial charge >= 0.3 is 0 Å². The zero-order valence-electron chi connectivity index (χ0n) is 45.2. The molecule has 0 radical (unpaired) electrons. The molecule has 2 saturated carbocycles. The van der Waals surface area contributed by atoms with E-state index in [0.29, 0.717) is 123 Å². The maximum absolute atomic E-state index is 13.5. The maximum atomic E-state index is 13.5. The lowest BCUT2D eigenvalue weighted by molar-refractivity contribution is 0.0897. The van der Waals surface area contributed by atoms with Gasteiger partial charge < -0.3 is 33.4 Å².